The quantitative estimate of drug-likeness (QED) is 0.667. The van der Waals surface area contributed by atoms with Gasteiger partial charge in [0.2, 0.25) is 0 Å². The van der Waals surface area contributed by atoms with Crippen LogP contribution in [0.15, 0.2) is 24.3 Å². The normalized spacial score (nSPS) is 14.4. The van der Waals surface area contributed by atoms with E-state index >= 15 is 0 Å². The number of amides is 2. The summed E-state index contributed by atoms with van der Waals surface area (Å²) in [6, 6.07) is 6.59. The summed E-state index contributed by atoms with van der Waals surface area (Å²) in [5.74, 6) is -0.507. The van der Waals surface area contributed by atoms with Crippen LogP contribution in [0.5, 0.6) is 5.75 Å². The largest absolute Gasteiger partial charge is 0.476 e. The third-order valence-electron chi connectivity index (χ3n) is 4.16. The lowest BCUT2D eigenvalue weighted by Gasteiger charge is -2.34. The van der Waals surface area contributed by atoms with Gasteiger partial charge in [0, 0.05) is 31.2 Å². The molecule has 0 aromatic heterocycles. The number of benzene rings is 1. The van der Waals surface area contributed by atoms with Crippen molar-refractivity contribution in [3.05, 3.63) is 29.3 Å². The van der Waals surface area contributed by atoms with E-state index < -0.39 is 11.6 Å². The van der Waals surface area contributed by atoms with Gasteiger partial charge in [-0.1, -0.05) is 11.6 Å². The van der Waals surface area contributed by atoms with Gasteiger partial charge >= 0.3 is 12.1 Å². The Balaban J connectivity index is 1.79. The van der Waals surface area contributed by atoms with Gasteiger partial charge in [-0.3, -0.25) is 4.79 Å². The van der Waals surface area contributed by atoms with E-state index in [9.17, 15) is 14.4 Å². The van der Waals surface area contributed by atoms with Crippen LogP contribution in [0.2, 0.25) is 5.02 Å². The number of halogens is 1. The minimum atomic E-state index is -1.27. The van der Waals surface area contributed by atoms with Gasteiger partial charge in [-0.25, -0.2) is 9.59 Å². The highest BCUT2D eigenvalue weighted by Gasteiger charge is 2.33. The second kappa shape index (κ2) is 9.64. The summed E-state index contributed by atoms with van der Waals surface area (Å²) in [4.78, 5) is 39.4. The molecule has 8 nitrogen and oxygen atoms in total. The molecular formula is C19H25ClN2O6. The SMILES string of the molecule is CCOC(=O)N1CCN(C(=O)COC(=O)C(C)(C)Oc2ccc(Cl)cc2)CC1. The molecule has 28 heavy (non-hydrogen) atoms. The molecule has 0 N–H and O–H groups in total. The first-order valence-electron chi connectivity index (χ1n) is 9.04. The number of piperazine rings is 1. The van der Waals surface area contributed by atoms with E-state index in [0.717, 1.165) is 0 Å². The Bertz CT molecular complexity index is 699. The molecule has 1 aliphatic rings. The Kier molecular flexibility index (Phi) is 7.51. The fourth-order valence-electron chi connectivity index (χ4n) is 2.58. The monoisotopic (exact) mass is 412 g/mol. The van der Waals surface area contributed by atoms with Crippen LogP contribution < -0.4 is 4.74 Å². The molecule has 0 saturated carbocycles. The lowest BCUT2D eigenvalue weighted by atomic mass is 10.1. The van der Waals surface area contributed by atoms with Gasteiger partial charge in [-0.05, 0) is 45.0 Å². The first-order chi connectivity index (χ1) is 13.2. The zero-order valence-electron chi connectivity index (χ0n) is 16.3. The van der Waals surface area contributed by atoms with Crippen LogP contribution in [0.25, 0.3) is 0 Å². The van der Waals surface area contributed by atoms with Crippen LogP contribution in [-0.4, -0.2) is 72.8 Å². The first-order valence-corrected chi connectivity index (χ1v) is 9.42. The van der Waals surface area contributed by atoms with Crippen molar-refractivity contribution in [2.75, 3.05) is 39.4 Å². The Morgan fingerprint density at radius 1 is 1.00 bits per heavy atom. The summed E-state index contributed by atoms with van der Waals surface area (Å²) in [6.07, 6.45) is -0.387. The van der Waals surface area contributed by atoms with E-state index in [1.807, 2.05) is 0 Å². The number of carbonyl (C=O) groups is 3. The molecule has 2 amide bonds. The standard InChI is InChI=1S/C19H25ClN2O6/c1-4-26-18(25)22-11-9-21(10-12-22)16(23)13-27-17(24)19(2,3)28-15-7-5-14(20)6-8-15/h5-8H,4,9-13H2,1-3H3. The van der Waals surface area contributed by atoms with Crippen LogP contribution in [0, 0.1) is 0 Å². The van der Waals surface area contributed by atoms with Crippen molar-refractivity contribution in [2.45, 2.75) is 26.4 Å². The Morgan fingerprint density at radius 2 is 1.57 bits per heavy atom. The summed E-state index contributed by atoms with van der Waals surface area (Å²) >= 11 is 5.83. The average Bonchev–Trinajstić information content (AvgIpc) is 2.67. The molecule has 1 fully saturated rings. The van der Waals surface area contributed by atoms with Crippen LogP contribution in [0.3, 0.4) is 0 Å². The molecule has 9 heteroatoms. The molecule has 1 aromatic carbocycles. The van der Waals surface area contributed by atoms with Crippen molar-refractivity contribution < 1.29 is 28.6 Å². The van der Waals surface area contributed by atoms with E-state index in [1.54, 1.807) is 54.8 Å². The summed E-state index contributed by atoms with van der Waals surface area (Å²) in [6.45, 7) is 6.27. The maximum atomic E-state index is 12.3. The van der Waals surface area contributed by atoms with Gasteiger partial charge in [-0.2, -0.15) is 0 Å². The van der Waals surface area contributed by atoms with E-state index in [4.69, 9.17) is 25.8 Å². The molecule has 1 heterocycles. The molecule has 0 aliphatic carbocycles. The van der Waals surface area contributed by atoms with E-state index in [0.29, 0.717) is 43.6 Å². The molecule has 1 aliphatic heterocycles. The fraction of sp³-hybridized carbons (Fsp3) is 0.526. The first kappa shape index (κ1) is 21.8. The number of nitrogens with zero attached hydrogens (tertiary/aromatic N) is 2. The van der Waals surface area contributed by atoms with Crippen LogP contribution >= 0.6 is 11.6 Å². The third-order valence-corrected chi connectivity index (χ3v) is 4.42. The zero-order valence-corrected chi connectivity index (χ0v) is 17.0. The molecule has 2 rings (SSSR count). The van der Waals surface area contributed by atoms with E-state index in [1.165, 1.54) is 0 Å². The van der Waals surface area contributed by atoms with Crippen molar-refractivity contribution in [2.24, 2.45) is 0 Å². The predicted molar refractivity (Wildman–Crippen MR) is 102 cm³/mol. The smallest absolute Gasteiger partial charge is 0.409 e. The zero-order chi connectivity index (χ0) is 20.7. The van der Waals surface area contributed by atoms with Crippen LogP contribution in [0.4, 0.5) is 4.79 Å². The van der Waals surface area contributed by atoms with Crippen molar-refractivity contribution in [1.82, 2.24) is 9.80 Å². The highest BCUT2D eigenvalue weighted by atomic mass is 35.5. The van der Waals surface area contributed by atoms with Gasteiger partial charge in [0.15, 0.2) is 12.2 Å². The van der Waals surface area contributed by atoms with Crippen molar-refractivity contribution in [1.29, 1.82) is 0 Å². The Labute approximate surface area is 169 Å². The van der Waals surface area contributed by atoms with Gasteiger partial charge in [0.25, 0.3) is 5.91 Å². The van der Waals surface area contributed by atoms with Crippen LogP contribution in [-0.2, 0) is 19.1 Å². The Hall–Kier alpha value is -2.48. The van der Waals surface area contributed by atoms with Crippen LogP contribution in [0.1, 0.15) is 20.8 Å². The summed E-state index contributed by atoms with van der Waals surface area (Å²) < 4.78 is 15.7. The predicted octanol–water partition coefficient (Wildman–Crippen LogP) is 2.34. The molecule has 0 unspecified atom stereocenters. The molecule has 0 bridgehead atoms. The number of esters is 1. The molecule has 154 valence electrons. The minimum absolute atomic E-state index is 0.307. The van der Waals surface area contributed by atoms with Crippen molar-refractivity contribution in [3.8, 4) is 5.75 Å². The second-order valence-corrected chi connectivity index (χ2v) is 7.15. The minimum Gasteiger partial charge on any atom is -0.476 e. The number of hydrogen-bond acceptors (Lipinski definition) is 6. The van der Waals surface area contributed by atoms with Crippen molar-refractivity contribution in [3.63, 3.8) is 0 Å². The molecule has 0 spiro atoms. The van der Waals surface area contributed by atoms with Gasteiger partial charge in [0.05, 0.1) is 6.61 Å². The highest BCUT2D eigenvalue weighted by molar-refractivity contribution is 6.30. The average molecular weight is 413 g/mol. The third kappa shape index (κ3) is 6.02. The molecule has 1 saturated heterocycles. The molecule has 0 radical (unpaired) electrons. The summed E-state index contributed by atoms with van der Waals surface area (Å²) in [5, 5.41) is 0.557. The van der Waals surface area contributed by atoms with Gasteiger partial charge in [0.1, 0.15) is 5.75 Å². The van der Waals surface area contributed by atoms with Gasteiger partial charge in [-0.15, -0.1) is 0 Å². The fourth-order valence-corrected chi connectivity index (χ4v) is 2.71. The number of carbonyl (C=O) groups excluding carboxylic acids is 3. The molecular weight excluding hydrogens is 388 g/mol. The van der Waals surface area contributed by atoms with E-state index in [2.05, 4.69) is 0 Å². The topological polar surface area (TPSA) is 85.4 Å². The lowest BCUT2D eigenvalue weighted by molar-refractivity contribution is -0.164. The maximum Gasteiger partial charge on any atom is 0.409 e. The lowest BCUT2D eigenvalue weighted by Crippen LogP contribution is -2.52. The highest BCUT2D eigenvalue weighted by Crippen LogP contribution is 2.21. The number of ether oxygens (including phenoxy) is 3. The van der Waals surface area contributed by atoms with E-state index in [-0.39, 0.29) is 18.6 Å². The Morgan fingerprint density at radius 3 is 2.14 bits per heavy atom. The molecule has 1 aromatic rings. The summed E-state index contributed by atoms with van der Waals surface area (Å²) in [7, 11) is 0. The van der Waals surface area contributed by atoms with Gasteiger partial charge < -0.3 is 24.0 Å². The number of hydrogen-bond donors (Lipinski definition) is 0. The maximum absolute atomic E-state index is 12.3. The summed E-state index contributed by atoms with van der Waals surface area (Å²) in [5.41, 5.74) is -1.27. The number of rotatable bonds is 6. The second-order valence-electron chi connectivity index (χ2n) is 6.71. The molecule has 0 atom stereocenters. The van der Waals surface area contributed by atoms with Crippen molar-refractivity contribution >= 4 is 29.6 Å².